The average Bonchev–Trinajstić information content (AvgIpc) is 1.93. The van der Waals surface area contributed by atoms with Crippen molar-refractivity contribution >= 4 is 5.71 Å². The number of hydrogen-bond donors (Lipinski definition) is 0. The van der Waals surface area contributed by atoms with Crippen LogP contribution in [-0.4, -0.2) is 5.71 Å². The number of aliphatic imine (C=N–C) groups is 1. The standard InChI is InChI=1S/C6H9N.C2H6/c1-4-6(3)7-5-2;1-2/h4-5H,1-2H2,3H3;1-2H3. The minimum absolute atomic E-state index is 0.898. The van der Waals surface area contributed by atoms with E-state index in [0.29, 0.717) is 0 Å². The molecule has 0 aromatic heterocycles. The lowest BCUT2D eigenvalue weighted by Gasteiger charge is -1.79. The first-order chi connectivity index (χ1) is 4.31. The summed E-state index contributed by atoms with van der Waals surface area (Å²) in [6, 6.07) is 0. The molecule has 1 nitrogen and oxygen atoms in total. The summed E-state index contributed by atoms with van der Waals surface area (Å²) < 4.78 is 0. The fourth-order valence-corrected chi connectivity index (χ4v) is 0.197. The molecule has 0 aliphatic carbocycles. The molecule has 0 aliphatic heterocycles. The summed E-state index contributed by atoms with van der Waals surface area (Å²) in [5.41, 5.74) is 0.898. The Morgan fingerprint density at radius 3 is 1.89 bits per heavy atom. The third-order valence-corrected chi connectivity index (χ3v) is 0.590. The topological polar surface area (TPSA) is 12.4 Å². The van der Waals surface area contributed by atoms with Crippen molar-refractivity contribution in [3.63, 3.8) is 0 Å². The molecule has 0 unspecified atom stereocenters. The van der Waals surface area contributed by atoms with Gasteiger partial charge in [-0.1, -0.05) is 27.0 Å². The van der Waals surface area contributed by atoms with Gasteiger partial charge in [0.1, 0.15) is 0 Å². The van der Waals surface area contributed by atoms with Crippen molar-refractivity contribution < 1.29 is 0 Å². The molecule has 0 N–H and O–H groups in total. The largest absolute Gasteiger partial charge is 0.262 e. The molecule has 0 amide bonds. The van der Waals surface area contributed by atoms with Crippen molar-refractivity contribution in [3.8, 4) is 0 Å². The van der Waals surface area contributed by atoms with Crippen molar-refractivity contribution in [3.05, 3.63) is 25.4 Å². The normalized spacial score (nSPS) is 9.00. The van der Waals surface area contributed by atoms with Gasteiger partial charge >= 0.3 is 0 Å². The molecule has 0 radical (unpaired) electrons. The first kappa shape index (κ1) is 11.0. The van der Waals surface area contributed by atoms with Gasteiger partial charge in [0.2, 0.25) is 0 Å². The quantitative estimate of drug-likeness (QED) is 0.503. The molecule has 0 aromatic carbocycles. The van der Waals surface area contributed by atoms with Gasteiger partial charge in [-0.2, -0.15) is 0 Å². The monoisotopic (exact) mass is 125 g/mol. The highest BCUT2D eigenvalue weighted by atomic mass is 14.7. The molecular weight excluding hydrogens is 110 g/mol. The van der Waals surface area contributed by atoms with Crippen LogP contribution in [0.5, 0.6) is 0 Å². The summed E-state index contributed by atoms with van der Waals surface area (Å²) in [5, 5.41) is 0. The Balaban J connectivity index is 0. The van der Waals surface area contributed by atoms with Crippen molar-refractivity contribution in [1.82, 2.24) is 0 Å². The summed E-state index contributed by atoms with van der Waals surface area (Å²) in [6.45, 7) is 12.8. The molecule has 0 saturated heterocycles. The second-order valence-corrected chi connectivity index (χ2v) is 1.16. The molecular formula is C8H15N. The maximum absolute atomic E-state index is 3.81. The van der Waals surface area contributed by atoms with E-state index in [4.69, 9.17) is 0 Å². The van der Waals surface area contributed by atoms with Gasteiger partial charge in [-0.15, -0.1) is 0 Å². The van der Waals surface area contributed by atoms with Crippen molar-refractivity contribution in [1.29, 1.82) is 0 Å². The average molecular weight is 125 g/mol. The van der Waals surface area contributed by atoms with E-state index in [0.717, 1.165) is 5.71 Å². The Kier molecular flexibility index (Phi) is 12.5. The second-order valence-electron chi connectivity index (χ2n) is 1.16. The number of rotatable bonds is 2. The molecule has 0 aliphatic rings. The van der Waals surface area contributed by atoms with Gasteiger partial charge in [0, 0.05) is 11.9 Å². The second kappa shape index (κ2) is 10.2. The third-order valence-electron chi connectivity index (χ3n) is 0.590. The van der Waals surface area contributed by atoms with Gasteiger partial charge in [-0.3, -0.25) is 4.99 Å². The van der Waals surface area contributed by atoms with Crippen LogP contribution in [0.15, 0.2) is 30.4 Å². The van der Waals surface area contributed by atoms with Crippen molar-refractivity contribution in [2.45, 2.75) is 20.8 Å². The van der Waals surface area contributed by atoms with E-state index >= 15 is 0 Å². The minimum atomic E-state index is 0.898. The van der Waals surface area contributed by atoms with E-state index < -0.39 is 0 Å². The van der Waals surface area contributed by atoms with Crippen LogP contribution in [-0.2, 0) is 0 Å². The lowest BCUT2D eigenvalue weighted by Crippen LogP contribution is -1.77. The molecule has 9 heavy (non-hydrogen) atoms. The Morgan fingerprint density at radius 1 is 1.33 bits per heavy atom. The fourth-order valence-electron chi connectivity index (χ4n) is 0.197. The zero-order valence-corrected chi connectivity index (χ0v) is 6.52. The Bertz CT molecular complexity index is 101. The van der Waals surface area contributed by atoms with Gasteiger partial charge in [-0.25, -0.2) is 0 Å². The van der Waals surface area contributed by atoms with Gasteiger partial charge in [0.25, 0.3) is 0 Å². The summed E-state index contributed by atoms with van der Waals surface area (Å²) in [4.78, 5) is 3.81. The molecule has 0 heterocycles. The summed E-state index contributed by atoms with van der Waals surface area (Å²) in [6.07, 6.45) is 3.18. The highest BCUT2D eigenvalue weighted by molar-refractivity contribution is 5.92. The van der Waals surface area contributed by atoms with Gasteiger partial charge < -0.3 is 0 Å². The highest BCUT2D eigenvalue weighted by Crippen LogP contribution is 1.76. The van der Waals surface area contributed by atoms with E-state index in [2.05, 4.69) is 18.2 Å². The Hall–Kier alpha value is -0.850. The Labute approximate surface area is 57.8 Å². The van der Waals surface area contributed by atoms with Crippen LogP contribution in [0, 0.1) is 0 Å². The Morgan fingerprint density at radius 2 is 1.78 bits per heavy atom. The van der Waals surface area contributed by atoms with E-state index in [1.165, 1.54) is 6.20 Å². The van der Waals surface area contributed by atoms with E-state index in [1.807, 2.05) is 20.8 Å². The van der Waals surface area contributed by atoms with Crippen LogP contribution >= 0.6 is 0 Å². The maximum Gasteiger partial charge on any atom is 0.0366 e. The summed E-state index contributed by atoms with van der Waals surface area (Å²) >= 11 is 0. The minimum Gasteiger partial charge on any atom is -0.262 e. The van der Waals surface area contributed by atoms with Gasteiger partial charge in [0.05, 0.1) is 0 Å². The lowest BCUT2D eigenvalue weighted by atomic mass is 10.4. The van der Waals surface area contributed by atoms with Crippen LogP contribution in [0.3, 0.4) is 0 Å². The third kappa shape index (κ3) is 11.0. The molecule has 0 fully saturated rings. The number of nitrogens with zero attached hydrogens (tertiary/aromatic N) is 1. The van der Waals surface area contributed by atoms with Crippen LogP contribution in [0.1, 0.15) is 20.8 Å². The number of hydrogen-bond acceptors (Lipinski definition) is 1. The maximum atomic E-state index is 3.81. The van der Waals surface area contributed by atoms with Crippen molar-refractivity contribution in [2.24, 2.45) is 4.99 Å². The van der Waals surface area contributed by atoms with E-state index in [9.17, 15) is 0 Å². The molecule has 0 spiro atoms. The lowest BCUT2D eigenvalue weighted by molar-refractivity contribution is 1.50. The highest BCUT2D eigenvalue weighted by Gasteiger charge is 1.70. The van der Waals surface area contributed by atoms with Crippen molar-refractivity contribution in [2.75, 3.05) is 0 Å². The van der Waals surface area contributed by atoms with Crippen LogP contribution in [0.4, 0.5) is 0 Å². The first-order valence-electron chi connectivity index (χ1n) is 3.09. The predicted octanol–water partition coefficient (Wildman–Crippen LogP) is 2.80. The summed E-state index contributed by atoms with van der Waals surface area (Å²) in [7, 11) is 0. The SMILES string of the molecule is C=CN=C(C)C=C.CC. The molecule has 0 bridgehead atoms. The molecule has 0 atom stereocenters. The molecule has 1 heteroatoms. The van der Waals surface area contributed by atoms with Crippen LogP contribution < -0.4 is 0 Å². The smallest absolute Gasteiger partial charge is 0.0366 e. The zero-order chi connectivity index (χ0) is 7.70. The van der Waals surface area contributed by atoms with Gasteiger partial charge in [-0.05, 0) is 13.0 Å². The first-order valence-corrected chi connectivity index (χ1v) is 3.09. The molecule has 0 saturated carbocycles. The molecule has 0 rings (SSSR count). The van der Waals surface area contributed by atoms with Crippen LogP contribution in [0.25, 0.3) is 0 Å². The zero-order valence-electron chi connectivity index (χ0n) is 6.52. The van der Waals surface area contributed by atoms with E-state index in [1.54, 1.807) is 6.08 Å². The molecule has 52 valence electrons. The summed E-state index contributed by atoms with van der Waals surface area (Å²) in [5.74, 6) is 0. The number of allylic oxidation sites excluding steroid dienone is 1. The van der Waals surface area contributed by atoms with Gasteiger partial charge in [0.15, 0.2) is 0 Å². The fraction of sp³-hybridized carbons (Fsp3) is 0.375. The van der Waals surface area contributed by atoms with Crippen LogP contribution in [0.2, 0.25) is 0 Å². The molecule has 0 aromatic rings. The van der Waals surface area contributed by atoms with E-state index in [-0.39, 0.29) is 0 Å². The predicted molar refractivity (Wildman–Crippen MR) is 44.9 cm³/mol.